The SMILES string of the molecule is Fc1ccccc1[C@@H]1Nc2ccccc2[C@@H]2C=CC[C@H]21. The topological polar surface area (TPSA) is 12.0 Å². The molecule has 0 saturated heterocycles. The van der Waals surface area contributed by atoms with E-state index in [1.54, 1.807) is 12.1 Å². The highest BCUT2D eigenvalue weighted by molar-refractivity contribution is 5.59. The Bertz CT molecular complexity index is 677. The number of rotatable bonds is 1. The van der Waals surface area contributed by atoms with E-state index in [0.29, 0.717) is 11.8 Å². The second-order valence-corrected chi connectivity index (χ2v) is 5.58. The van der Waals surface area contributed by atoms with Crippen LogP contribution in [0.1, 0.15) is 29.5 Å². The van der Waals surface area contributed by atoms with E-state index >= 15 is 0 Å². The Morgan fingerprint density at radius 3 is 2.55 bits per heavy atom. The lowest BCUT2D eigenvalue weighted by molar-refractivity contribution is 0.413. The molecule has 20 heavy (non-hydrogen) atoms. The Hall–Kier alpha value is -2.09. The number of halogens is 1. The van der Waals surface area contributed by atoms with E-state index in [1.165, 1.54) is 5.56 Å². The Balaban J connectivity index is 1.82. The number of hydrogen-bond donors (Lipinski definition) is 1. The predicted octanol–water partition coefficient (Wildman–Crippen LogP) is 4.65. The zero-order valence-electron chi connectivity index (χ0n) is 11.1. The molecule has 0 saturated carbocycles. The largest absolute Gasteiger partial charge is 0.378 e. The Labute approximate surface area is 118 Å². The third kappa shape index (κ3) is 1.68. The monoisotopic (exact) mass is 265 g/mol. The average Bonchev–Trinajstić information content (AvgIpc) is 2.97. The Morgan fingerprint density at radius 1 is 0.950 bits per heavy atom. The smallest absolute Gasteiger partial charge is 0.128 e. The highest BCUT2D eigenvalue weighted by Gasteiger charge is 2.38. The van der Waals surface area contributed by atoms with E-state index in [4.69, 9.17) is 0 Å². The van der Waals surface area contributed by atoms with E-state index < -0.39 is 0 Å². The Kier molecular flexibility index (Phi) is 2.62. The van der Waals surface area contributed by atoms with Gasteiger partial charge in [0.15, 0.2) is 0 Å². The summed E-state index contributed by atoms with van der Waals surface area (Å²) in [7, 11) is 0. The van der Waals surface area contributed by atoms with Gasteiger partial charge in [-0.15, -0.1) is 0 Å². The molecule has 0 radical (unpaired) electrons. The molecule has 1 heterocycles. The fourth-order valence-electron chi connectivity index (χ4n) is 3.58. The molecular formula is C18H16FN. The molecule has 1 aliphatic carbocycles. The molecule has 2 heteroatoms. The van der Waals surface area contributed by atoms with Crippen LogP contribution in [0, 0.1) is 11.7 Å². The zero-order valence-corrected chi connectivity index (χ0v) is 11.1. The number of para-hydroxylation sites is 1. The highest BCUT2D eigenvalue weighted by atomic mass is 19.1. The number of anilines is 1. The summed E-state index contributed by atoms with van der Waals surface area (Å²) in [6.07, 6.45) is 5.51. The van der Waals surface area contributed by atoms with Gasteiger partial charge in [0.2, 0.25) is 0 Å². The summed E-state index contributed by atoms with van der Waals surface area (Å²) in [6.45, 7) is 0. The van der Waals surface area contributed by atoms with Crippen molar-refractivity contribution in [3.8, 4) is 0 Å². The minimum atomic E-state index is -0.116. The molecular weight excluding hydrogens is 249 g/mol. The Morgan fingerprint density at radius 2 is 1.70 bits per heavy atom. The lowest BCUT2D eigenvalue weighted by atomic mass is 9.77. The maximum atomic E-state index is 14.1. The van der Waals surface area contributed by atoms with Gasteiger partial charge in [-0.05, 0) is 30.0 Å². The molecule has 0 amide bonds. The molecule has 0 bridgehead atoms. The van der Waals surface area contributed by atoms with Gasteiger partial charge in [-0.3, -0.25) is 0 Å². The summed E-state index contributed by atoms with van der Waals surface area (Å²) >= 11 is 0. The molecule has 0 aromatic heterocycles. The summed E-state index contributed by atoms with van der Waals surface area (Å²) in [4.78, 5) is 0. The van der Waals surface area contributed by atoms with Crippen molar-refractivity contribution in [2.45, 2.75) is 18.4 Å². The molecule has 0 unspecified atom stereocenters. The lowest BCUT2D eigenvalue weighted by Gasteiger charge is -2.37. The van der Waals surface area contributed by atoms with Crippen molar-refractivity contribution in [2.75, 3.05) is 5.32 Å². The van der Waals surface area contributed by atoms with Gasteiger partial charge >= 0.3 is 0 Å². The predicted molar refractivity (Wildman–Crippen MR) is 79.2 cm³/mol. The van der Waals surface area contributed by atoms with Gasteiger partial charge in [-0.1, -0.05) is 48.6 Å². The van der Waals surface area contributed by atoms with Crippen LogP contribution in [0.5, 0.6) is 0 Å². The van der Waals surface area contributed by atoms with Crippen molar-refractivity contribution in [1.29, 1.82) is 0 Å². The van der Waals surface area contributed by atoms with Crippen LogP contribution in [0.4, 0.5) is 10.1 Å². The van der Waals surface area contributed by atoms with Crippen LogP contribution in [0.2, 0.25) is 0 Å². The second kappa shape index (κ2) is 4.48. The number of fused-ring (bicyclic) bond motifs is 3. The normalized spacial score (nSPS) is 26.8. The summed E-state index contributed by atoms with van der Waals surface area (Å²) < 4.78 is 14.1. The van der Waals surface area contributed by atoms with Crippen LogP contribution in [0.3, 0.4) is 0 Å². The average molecular weight is 265 g/mol. The maximum absolute atomic E-state index is 14.1. The molecule has 0 spiro atoms. The van der Waals surface area contributed by atoms with Gasteiger partial charge in [0.05, 0.1) is 6.04 Å². The van der Waals surface area contributed by atoms with Crippen molar-refractivity contribution in [2.24, 2.45) is 5.92 Å². The van der Waals surface area contributed by atoms with Gasteiger partial charge in [0.1, 0.15) is 5.82 Å². The quantitative estimate of drug-likeness (QED) is 0.740. The third-order valence-electron chi connectivity index (χ3n) is 4.51. The van der Waals surface area contributed by atoms with E-state index in [2.05, 4.69) is 35.7 Å². The van der Waals surface area contributed by atoms with Crippen molar-refractivity contribution in [3.05, 3.63) is 77.6 Å². The number of hydrogen-bond acceptors (Lipinski definition) is 1. The minimum Gasteiger partial charge on any atom is -0.378 e. The van der Waals surface area contributed by atoms with Crippen molar-refractivity contribution < 1.29 is 4.39 Å². The fraction of sp³-hybridized carbons (Fsp3) is 0.222. The van der Waals surface area contributed by atoms with Crippen molar-refractivity contribution in [3.63, 3.8) is 0 Å². The fourth-order valence-corrected chi connectivity index (χ4v) is 3.58. The first-order valence-electron chi connectivity index (χ1n) is 7.11. The first-order chi connectivity index (χ1) is 9.84. The number of nitrogens with one attached hydrogen (secondary N) is 1. The van der Waals surface area contributed by atoms with Crippen LogP contribution in [0.25, 0.3) is 0 Å². The van der Waals surface area contributed by atoms with E-state index in [1.807, 2.05) is 18.2 Å². The van der Waals surface area contributed by atoms with E-state index in [-0.39, 0.29) is 11.9 Å². The molecule has 4 rings (SSSR count). The van der Waals surface area contributed by atoms with Crippen LogP contribution in [-0.2, 0) is 0 Å². The maximum Gasteiger partial charge on any atom is 0.128 e. The lowest BCUT2D eigenvalue weighted by Crippen LogP contribution is -2.29. The first-order valence-corrected chi connectivity index (χ1v) is 7.11. The number of benzene rings is 2. The van der Waals surface area contributed by atoms with Gasteiger partial charge < -0.3 is 5.32 Å². The molecule has 1 aliphatic heterocycles. The van der Waals surface area contributed by atoms with E-state index in [0.717, 1.165) is 17.7 Å². The molecule has 2 aliphatic rings. The van der Waals surface area contributed by atoms with Crippen LogP contribution in [0.15, 0.2) is 60.7 Å². The van der Waals surface area contributed by atoms with Gasteiger partial charge in [0, 0.05) is 17.2 Å². The number of allylic oxidation sites excluding steroid dienone is 2. The molecule has 1 N–H and O–H groups in total. The van der Waals surface area contributed by atoms with Crippen molar-refractivity contribution >= 4 is 5.69 Å². The molecule has 1 nitrogen and oxygen atoms in total. The highest BCUT2D eigenvalue weighted by Crippen LogP contribution is 2.49. The van der Waals surface area contributed by atoms with Crippen LogP contribution in [-0.4, -0.2) is 0 Å². The standard InChI is InChI=1S/C18H16FN/c19-16-10-3-1-7-15(16)18-14-9-5-8-12(14)13-6-2-4-11-17(13)20-18/h1-8,10-12,14,18,20H,9H2/t12-,14+,18+/m0/s1. The second-order valence-electron chi connectivity index (χ2n) is 5.58. The van der Waals surface area contributed by atoms with Gasteiger partial charge in [-0.25, -0.2) is 4.39 Å². The summed E-state index contributed by atoms with van der Waals surface area (Å²) in [5.41, 5.74) is 3.24. The minimum absolute atomic E-state index is 0.0473. The molecule has 2 aromatic rings. The summed E-state index contributed by atoms with van der Waals surface area (Å²) in [6, 6.07) is 15.5. The summed E-state index contributed by atoms with van der Waals surface area (Å²) in [5.74, 6) is 0.689. The zero-order chi connectivity index (χ0) is 13.5. The van der Waals surface area contributed by atoms with Gasteiger partial charge in [-0.2, -0.15) is 0 Å². The third-order valence-corrected chi connectivity index (χ3v) is 4.51. The van der Waals surface area contributed by atoms with Crippen molar-refractivity contribution in [1.82, 2.24) is 0 Å². The van der Waals surface area contributed by atoms with Gasteiger partial charge in [0.25, 0.3) is 0 Å². The first kappa shape index (κ1) is 11.7. The molecule has 3 atom stereocenters. The summed E-state index contributed by atoms with van der Waals surface area (Å²) in [5, 5.41) is 3.55. The van der Waals surface area contributed by atoms with E-state index in [9.17, 15) is 4.39 Å². The molecule has 2 aromatic carbocycles. The van der Waals surface area contributed by atoms with Crippen LogP contribution < -0.4 is 5.32 Å². The molecule has 0 fully saturated rings. The molecule has 100 valence electrons. The van der Waals surface area contributed by atoms with Crippen LogP contribution >= 0.6 is 0 Å².